The number of para-hydroxylation sites is 1. The number of hydrogen-bond donors (Lipinski definition) is 1. The van der Waals surface area contributed by atoms with Gasteiger partial charge in [0.1, 0.15) is 0 Å². The molecule has 0 aliphatic heterocycles. The van der Waals surface area contributed by atoms with E-state index in [2.05, 4.69) is 0 Å². The van der Waals surface area contributed by atoms with Gasteiger partial charge in [-0.3, -0.25) is 4.79 Å². The molecule has 1 fully saturated rings. The zero-order valence-electron chi connectivity index (χ0n) is 12.4. The molecule has 0 saturated heterocycles. The molecule has 110 valence electrons. The van der Waals surface area contributed by atoms with Gasteiger partial charge < -0.3 is 15.4 Å². The molecule has 0 radical (unpaired) electrons. The van der Waals surface area contributed by atoms with Crippen LogP contribution in [-0.2, 0) is 0 Å². The molecule has 1 amide bonds. The molecule has 1 aliphatic rings. The number of nitrogens with two attached hydrogens (primary N) is 1. The van der Waals surface area contributed by atoms with Crippen LogP contribution in [0.1, 0.15) is 49.9 Å². The van der Waals surface area contributed by atoms with E-state index in [0.29, 0.717) is 29.6 Å². The lowest BCUT2D eigenvalue weighted by Gasteiger charge is -2.28. The summed E-state index contributed by atoms with van der Waals surface area (Å²) in [6.45, 7) is 5.16. The van der Waals surface area contributed by atoms with Gasteiger partial charge in [-0.2, -0.15) is 0 Å². The van der Waals surface area contributed by atoms with E-state index < -0.39 is 0 Å². The molecule has 0 aromatic heterocycles. The number of rotatable bonds is 5. The Morgan fingerprint density at radius 2 is 2.05 bits per heavy atom. The number of anilines is 1. The predicted molar refractivity (Wildman–Crippen MR) is 81.0 cm³/mol. The fourth-order valence-electron chi connectivity index (χ4n) is 2.97. The van der Waals surface area contributed by atoms with Gasteiger partial charge in [0.05, 0.1) is 17.9 Å². The Morgan fingerprint density at radius 1 is 1.35 bits per heavy atom. The van der Waals surface area contributed by atoms with E-state index in [9.17, 15) is 4.79 Å². The zero-order valence-corrected chi connectivity index (χ0v) is 12.4. The lowest BCUT2D eigenvalue weighted by atomic mass is 10.1. The summed E-state index contributed by atoms with van der Waals surface area (Å²) >= 11 is 0. The highest BCUT2D eigenvalue weighted by Crippen LogP contribution is 2.30. The molecule has 1 aliphatic carbocycles. The predicted octanol–water partition coefficient (Wildman–Crippen LogP) is 3.07. The second kappa shape index (κ2) is 6.64. The molecule has 2 N–H and O–H groups in total. The summed E-state index contributed by atoms with van der Waals surface area (Å²) in [5.74, 6) is 0.562. The van der Waals surface area contributed by atoms with Crippen LogP contribution < -0.4 is 10.5 Å². The van der Waals surface area contributed by atoms with Crippen molar-refractivity contribution in [1.82, 2.24) is 4.90 Å². The molecule has 20 heavy (non-hydrogen) atoms. The summed E-state index contributed by atoms with van der Waals surface area (Å²) in [6, 6.07) is 5.76. The lowest BCUT2D eigenvalue weighted by molar-refractivity contribution is 0.0689. The van der Waals surface area contributed by atoms with Crippen molar-refractivity contribution in [3.8, 4) is 5.75 Å². The quantitative estimate of drug-likeness (QED) is 0.841. The van der Waals surface area contributed by atoms with Crippen LogP contribution >= 0.6 is 0 Å². The van der Waals surface area contributed by atoms with Crippen molar-refractivity contribution in [2.24, 2.45) is 0 Å². The summed E-state index contributed by atoms with van der Waals surface area (Å²) in [5, 5.41) is 0. The van der Waals surface area contributed by atoms with Gasteiger partial charge in [-0.1, -0.05) is 18.9 Å². The van der Waals surface area contributed by atoms with Crippen molar-refractivity contribution in [3.63, 3.8) is 0 Å². The molecule has 0 atom stereocenters. The SMILES string of the molecule is CCOc1c(N)cccc1C(=O)N(CC)C1CCCC1. The van der Waals surface area contributed by atoms with Crippen LogP contribution in [0.4, 0.5) is 5.69 Å². The standard InChI is InChI=1S/C16H24N2O2/c1-3-18(12-8-5-6-9-12)16(19)13-10-7-11-14(17)15(13)20-4-2/h7,10-12H,3-6,8-9,17H2,1-2H3. The number of carbonyl (C=O) groups is 1. The maximum Gasteiger partial charge on any atom is 0.257 e. The maximum absolute atomic E-state index is 12.8. The highest BCUT2D eigenvalue weighted by atomic mass is 16.5. The zero-order chi connectivity index (χ0) is 14.5. The second-order valence-corrected chi connectivity index (χ2v) is 5.19. The smallest absolute Gasteiger partial charge is 0.257 e. The summed E-state index contributed by atoms with van der Waals surface area (Å²) in [7, 11) is 0. The number of hydrogen-bond acceptors (Lipinski definition) is 3. The third-order valence-corrected chi connectivity index (χ3v) is 3.93. The van der Waals surface area contributed by atoms with Crippen molar-refractivity contribution in [2.75, 3.05) is 18.9 Å². The van der Waals surface area contributed by atoms with Crippen molar-refractivity contribution in [3.05, 3.63) is 23.8 Å². The Kier molecular flexibility index (Phi) is 4.88. The molecule has 1 saturated carbocycles. The maximum atomic E-state index is 12.8. The molecule has 0 heterocycles. The Balaban J connectivity index is 2.29. The number of benzene rings is 1. The van der Waals surface area contributed by atoms with Crippen LogP contribution in [0.2, 0.25) is 0 Å². The summed E-state index contributed by atoms with van der Waals surface area (Å²) in [4.78, 5) is 14.8. The Hall–Kier alpha value is -1.71. The highest BCUT2D eigenvalue weighted by molar-refractivity contribution is 5.98. The highest BCUT2D eigenvalue weighted by Gasteiger charge is 2.28. The molecule has 1 aromatic rings. The van der Waals surface area contributed by atoms with Gasteiger partial charge in [-0.25, -0.2) is 0 Å². The summed E-state index contributed by atoms with van der Waals surface area (Å²) in [6.07, 6.45) is 4.63. The van der Waals surface area contributed by atoms with Crippen LogP contribution in [0.3, 0.4) is 0 Å². The van der Waals surface area contributed by atoms with E-state index in [1.165, 1.54) is 12.8 Å². The third kappa shape index (κ3) is 2.89. The van der Waals surface area contributed by atoms with Gasteiger partial charge in [0.25, 0.3) is 5.91 Å². The molecule has 4 nitrogen and oxygen atoms in total. The number of carbonyl (C=O) groups excluding carboxylic acids is 1. The lowest BCUT2D eigenvalue weighted by Crippen LogP contribution is -2.38. The number of ether oxygens (including phenoxy) is 1. The first-order valence-corrected chi connectivity index (χ1v) is 7.51. The van der Waals surface area contributed by atoms with Crippen molar-refractivity contribution in [1.29, 1.82) is 0 Å². The van der Waals surface area contributed by atoms with Crippen molar-refractivity contribution >= 4 is 11.6 Å². The van der Waals surface area contributed by atoms with Gasteiger partial charge in [0.15, 0.2) is 5.75 Å². The van der Waals surface area contributed by atoms with Crippen LogP contribution in [0, 0.1) is 0 Å². The van der Waals surface area contributed by atoms with E-state index in [4.69, 9.17) is 10.5 Å². The average Bonchev–Trinajstić information content (AvgIpc) is 2.96. The Morgan fingerprint density at radius 3 is 2.65 bits per heavy atom. The Bertz CT molecular complexity index is 468. The van der Waals surface area contributed by atoms with Gasteiger partial charge in [0, 0.05) is 12.6 Å². The monoisotopic (exact) mass is 276 g/mol. The molecule has 1 aromatic carbocycles. The van der Waals surface area contributed by atoms with E-state index in [0.717, 1.165) is 19.4 Å². The fourth-order valence-corrected chi connectivity index (χ4v) is 2.97. The van der Waals surface area contributed by atoms with Crippen LogP contribution in [0.25, 0.3) is 0 Å². The van der Waals surface area contributed by atoms with Crippen molar-refractivity contribution < 1.29 is 9.53 Å². The molecule has 0 spiro atoms. The van der Waals surface area contributed by atoms with Crippen LogP contribution in [-0.4, -0.2) is 30.0 Å². The minimum absolute atomic E-state index is 0.0372. The Labute approximate surface area is 120 Å². The van der Waals surface area contributed by atoms with Crippen molar-refractivity contribution in [2.45, 2.75) is 45.6 Å². The summed E-state index contributed by atoms with van der Waals surface area (Å²) in [5.41, 5.74) is 7.06. The molecule has 4 heteroatoms. The molecular weight excluding hydrogens is 252 g/mol. The van der Waals surface area contributed by atoms with E-state index in [1.807, 2.05) is 24.8 Å². The fraction of sp³-hybridized carbons (Fsp3) is 0.562. The average molecular weight is 276 g/mol. The minimum Gasteiger partial charge on any atom is -0.491 e. The number of nitrogen functional groups attached to an aromatic ring is 1. The van der Waals surface area contributed by atoms with E-state index in [-0.39, 0.29) is 5.91 Å². The molecule has 0 bridgehead atoms. The second-order valence-electron chi connectivity index (χ2n) is 5.19. The first kappa shape index (κ1) is 14.7. The normalized spacial score (nSPS) is 15.3. The van der Waals surface area contributed by atoms with E-state index >= 15 is 0 Å². The van der Waals surface area contributed by atoms with Crippen LogP contribution in [0.5, 0.6) is 5.75 Å². The van der Waals surface area contributed by atoms with E-state index in [1.54, 1.807) is 12.1 Å². The first-order chi connectivity index (χ1) is 9.69. The summed E-state index contributed by atoms with van der Waals surface area (Å²) < 4.78 is 5.57. The minimum atomic E-state index is 0.0372. The van der Waals surface area contributed by atoms with Gasteiger partial charge in [-0.05, 0) is 38.8 Å². The van der Waals surface area contributed by atoms with Gasteiger partial charge in [-0.15, -0.1) is 0 Å². The number of nitrogens with zero attached hydrogens (tertiary/aromatic N) is 1. The topological polar surface area (TPSA) is 55.6 Å². The van der Waals surface area contributed by atoms with Crippen LogP contribution in [0.15, 0.2) is 18.2 Å². The molecule has 2 rings (SSSR count). The molecular formula is C16H24N2O2. The largest absolute Gasteiger partial charge is 0.491 e. The first-order valence-electron chi connectivity index (χ1n) is 7.51. The number of amides is 1. The third-order valence-electron chi connectivity index (χ3n) is 3.93. The molecule has 0 unspecified atom stereocenters. The van der Waals surface area contributed by atoms with Gasteiger partial charge >= 0.3 is 0 Å². The van der Waals surface area contributed by atoms with Gasteiger partial charge in [0.2, 0.25) is 0 Å².